The number of hydrogen-bond acceptors (Lipinski definition) is 2. The van der Waals surface area contributed by atoms with Gasteiger partial charge in [-0.3, -0.25) is 4.98 Å². The summed E-state index contributed by atoms with van der Waals surface area (Å²) >= 11 is 0. The Hall–Kier alpha value is -7.88. The van der Waals surface area contributed by atoms with Crippen LogP contribution in [0.1, 0.15) is 22.3 Å². The minimum Gasteiger partial charge on any atom is -0.307 e. The molecule has 3 heterocycles. The largest absolute Gasteiger partial charge is 0.307 e. The Morgan fingerprint density at radius 2 is 1.00 bits per heavy atom. The molecule has 0 amide bonds. The second kappa shape index (κ2) is 13.6. The van der Waals surface area contributed by atoms with Crippen molar-refractivity contribution in [3.8, 4) is 50.5 Å². The highest BCUT2D eigenvalue weighted by Crippen LogP contribution is 2.61. The summed E-state index contributed by atoms with van der Waals surface area (Å²) in [5, 5.41) is 4.90. The van der Waals surface area contributed by atoms with Gasteiger partial charge in [-0.1, -0.05) is 182 Å². The molecule has 3 nitrogen and oxygen atoms in total. The first-order valence-corrected chi connectivity index (χ1v) is 20.6. The molecule has 8 aromatic carbocycles. The molecule has 11 aromatic rings. The average molecular weight is 764 g/mol. The van der Waals surface area contributed by atoms with Gasteiger partial charge in [0.15, 0.2) is 0 Å². The Bertz CT molecular complexity index is 3310. The van der Waals surface area contributed by atoms with Crippen LogP contribution in [0.5, 0.6) is 0 Å². The van der Waals surface area contributed by atoms with Gasteiger partial charge in [-0.15, -0.1) is 0 Å². The zero-order valence-corrected chi connectivity index (χ0v) is 32.7. The van der Waals surface area contributed by atoms with E-state index in [1.54, 1.807) is 0 Å². The molecule has 0 aliphatic heterocycles. The summed E-state index contributed by atoms with van der Waals surface area (Å²) in [5.41, 5.74) is 16.6. The van der Waals surface area contributed by atoms with Gasteiger partial charge in [0, 0.05) is 39.3 Å². The van der Waals surface area contributed by atoms with Crippen LogP contribution in [-0.2, 0) is 5.41 Å². The lowest BCUT2D eigenvalue weighted by Crippen LogP contribution is -2.29. The fourth-order valence-corrected chi connectivity index (χ4v) is 10.1. The van der Waals surface area contributed by atoms with E-state index in [1.807, 2.05) is 12.4 Å². The predicted molar refractivity (Wildman–Crippen MR) is 247 cm³/mol. The quantitative estimate of drug-likeness (QED) is 0.169. The van der Waals surface area contributed by atoms with Gasteiger partial charge in [0.05, 0.1) is 34.0 Å². The summed E-state index contributed by atoms with van der Waals surface area (Å²) < 4.78 is 2.50. The van der Waals surface area contributed by atoms with Crippen LogP contribution in [0.3, 0.4) is 0 Å². The number of rotatable bonds is 6. The highest BCUT2D eigenvalue weighted by atomic mass is 15.0. The highest BCUT2D eigenvalue weighted by Gasteiger charge is 2.49. The number of fused-ring (bicyclic) bond motifs is 10. The van der Waals surface area contributed by atoms with E-state index < -0.39 is 5.41 Å². The van der Waals surface area contributed by atoms with E-state index >= 15 is 0 Å². The summed E-state index contributed by atoms with van der Waals surface area (Å²) in [7, 11) is 0. The summed E-state index contributed by atoms with van der Waals surface area (Å²) in [6.07, 6.45) is 3.99. The molecular formula is C57H37N3. The minimum absolute atomic E-state index is 0.617. The monoisotopic (exact) mass is 763 g/mol. The zero-order chi connectivity index (χ0) is 39.6. The van der Waals surface area contributed by atoms with Crippen LogP contribution in [0.25, 0.3) is 83.0 Å². The number of hydrogen-bond donors (Lipinski definition) is 0. The number of aromatic nitrogens is 3. The summed E-state index contributed by atoms with van der Waals surface area (Å²) in [4.78, 5) is 10.0. The fraction of sp³-hybridized carbons (Fsp3) is 0.0175. The van der Waals surface area contributed by atoms with Crippen molar-refractivity contribution in [1.29, 1.82) is 0 Å². The number of nitrogens with zero attached hydrogens (tertiary/aromatic N) is 3. The van der Waals surface area contributed by atoms with Gasteiger partial charge >= 0.3 is 0 Å². The molecule has 0 bridgehead atoms. The van der Waals surface area contributed by atoms with Crippen LogP contribution in [0, 0.1) is 0 Å². The first-order valence-electron chi connectivity index (χ1n) is 20.6. The van der Waals surface area contributed by atoms with Crippen LogP contribution >= 0.6 is 0 Å². The molecule has 280 valence electrons. The van der Waals surface area contributed by atoms with Crippen molar-refractivity contribution in [2.75, 3.05) is 0 Å². The molecule has 0 atom stereocenters. The predicted octanol–water partition coefficient (Wildman–Crippen LogP) is 14.1. The van der Waals surface area contributed by atoms with E-state index in [0.29, 0.717) is 0 Å². The molecule has 1 aliphatic carbocycles. The molecule has 0 saturated carbocycles. The lowest BCUT2D eigenvalue weighted by atomic mass is 9.67. The number of benzene rings is 8. The van der Waals surface area contributed by atoms with Crippen molar-refractivity contribution < 1.29 is 0 Å². The van der Waals surface area contributed by atoms with Crippen molar-refractivity contribution in [2.45, 2.75) is 5.41 Å². The lowest BCUT2D eigenvalue weighted by Gasteiger charge is -2.35. The Morgan fingerprint density at radius 1 is 0.433 bits per heavy atom. The maximum absolute atomic E-state index is 5.20. The molecule has 0 radical (unpaired) electrons. The number of pyridine rings is 2. The van der Waals surface area contributed by atoms with Gasteiger partial charge in [-0.25, -0.2) is 4.98 Å². The van der Waals surface area contributed by atoms with Crippen molar-refractivity contribution in [2.24, 2.45) is 0 Å². The topological polar surface area (TPSA) is 30.7 Å². The van der Waals surface area contributed by atoms with Gasteiger partial charge in [-0.05, 0) is 80.0 Å². The maximum Gasteiger partial charge on any atom is 0.0734 e. The van der Waals surface area contributed by atoms with Gasteiger partial charge in [0.25, 0.3) is 0 Å². The minimum atomic E-state index is -0.617. The normalized spacial score (nSPS) is 12.8. The van der Waals surface area contributed by atoms with E-state index in [2.05, 4.69) is 217 Å². The lowest BCUT2D eigenvalue weighted by molar-refractivity contribution is 0.772. The van der Waals surface area contributed by atoms with Gasteiger partial charge in [0.2, 0.25) is 0 Å². The van der Waals surface area contributed by atoms with E-state index in [9.17, 15) is 0 Å². The molecule has 0 saturated heterocycles. The average Bonchev–Trinajstić information content (AvgIpc) is 3.85. The third-order valence-electron chi connectivity index (χ3n) is 12.5. The molecule has 3 aromatic heterocycles. The van der Waals surface area contributed by atoms with Crippen LogP contribution in [0.15, 0.2) is 225 Å². The van der Waals surface area contributed by atoms with Crippen LogP contribution in [0.4, 0.5) is 0 Å². The standard InChI is InChI=1S/C57H37N3/c1-5-18-38(19-6-1)50-35-41(36-51(59-50)39-20-7-2-8-21-39)40-22-17-27-44(34-40)60-52-37-58-33-32-48(52)54-46-29-14-13-28-45(46)53-47-30-15-16-31-49(47)57(55(53)56(54)60,42-23-9-3-10-24-42)43-25-11-4-12-26-43/h1-37H. The maximum atomic E-state index is 5.20. The fourth-order valence-electron chi connectivity index (χ4n) is 10.1. The third-order valence-corrected chi connectivity index (χ3v) is 12.5. The van der Waals surface area contributed by atoms with Crippen molar-refractivity contribution in [3.05, 3.63) is 247 Å². The van der Waals surface area contributed by atoms with Crippen molar-refractivity contribution in [3.63, 3.8) is 0 Å². The molecule has 0 unspecified atom stereocenters. The van der Waals surface area contributed by atoms with Gasteiger partial charge < -0.3 is 4.57 Å². The third kappa shape index (κ3) is 5.03. The van der Waals surface area contributed by atoms with E-state index in [4.69, 9.17) is 9.97 Å². The van der Waals surface area contributed by atoms with Gasteiger partial charge in [0.1, 0.15) is 0 Å². The molecule has 1 aliphatic rings. The van der Waals surface area contributed by atoms with Crippen LogP contribution in [-0.4, -0.2) is 14.5 Å². The summed E-state index contributed by atoms with van der Waals surface area (Å²) in [6, 6.07) is 76.9. The zero-order valence-electron chi connectivity index (χ0n) is 32.7. The molecule has 3 heteroatoms. The Balaban J connectivity index is 1.22. The van der Waals surface area contributed by atoms with Gasteiger partial charge in [-0.2, -0.15) is 0 Å². The molecule has 12 rings (SSSR count). The van der Waals surface area contributed by atoms with Crippen molar-refractivity contribution in [1.82, 2.24) is 14.5 Å². The molecule has 0 spiro atoms. The smallest absolute Gasteiger partial charge is 0.0734 e. The molecule has 0 N–H and O–H groups in total. The summed E-state index contributed by atoms with van der Waals surface area (Å²) in [5.74, 6) is 0. The van der Waals surface area contributed by atoms with Crippen LogP contribution < -0.4 is 0 Å². The second-order valence-corrected chi connectivity index (χ2v) is 15.7. The van der Waals surface area contributed by atoms with E-state index in [-0.39, 0.29) is 0 Å². The summed E-state index contributed by atoms with van der Waals surface area (Å²) in [6.45, 7) is 0. The highest BCUT2D eigenvalue weighted by molar-refractivity contribution is 6.27. The van der Waals surface area contributed by atoms with Crippen molar-refractivity contribution >= 4 is 32.6 Å². The second-order valence-electron chi connectivity index (χ2n) is 15.7. The molecular weight excluding hydrogens is 727 g/mol. The van der Waals surface area contributed by atoms with E-state index in [1.165, 1.54) is 60.4 Å². The van der Waals surface area contributed by atoms with E-state index in [0.717, 1.165) is 44.8 Å². The molecule has 0 fully saturated rings. The first kappa shape index (κ1) is 34.2. The molecule has 60 heavy (non-hydrogen) atoms. The SMILES string of the molecule is c1ccc(-c2cc(-c3cccc(-n4c5cnccc5c5c6ccccc6c6c(c54)C(c4ccccc4)(c4ccccc4)c4ccccc4-6)c3)cc(-c3ccccc3)n2)cc1. The first-order chi connectivity index (χ1) is 29.8. The Kier molecular flexibility index (Phi) is 7.76. The Morgan fingerprint density at radius 3 is 1.67 bits per heavy atom. The van der Waals surface area contributed by atoms with Crippen LogP contribution in [0.2, 0.25) is 0 Å². The Labute approximate surface area is 348 Å².